The topological polar surface area (TPSA) is 57.2 Å². The van der Waals surface area contributed by atoms with Gasteiger partial charge in [-0.1, -0.05) is 12.1 Å². The molecular weight excluding hydrogens is 216 g/mol. The van der Waals surface area contributed by atoms with Gasteiger partial charge in [-0.2, -0.15) is 0 Å². The van der Waals surface area contributed by atoms with Crippen LogP contribution in [0.25, 0.3) is 10.9 Å². The molecule has 0 spiro atoms. The molecule has 0 radical (unpaired) electrons. The van der Waals surface area contributed by atoms with Gasteiger partial charge in [-0.3, -0.25) is 4.79 Å². The average molecular weight is 232 g/mol. The van der Waals surface area contributed by atoms with Crippen LogP contribution >= 0.6 is 0 Å². The summed E-state index contributed by atoms with van der Waals surface area (Å²) in [5.41, 5.74) is 7.16. The lowest BCUT2D eigenvalue weighted by Crippen LogP contribution is -2.28. The Morgan fingerprint density at radius 1 is 1.47 bits per heavy atom. The van der Waals surface area contributed by atoms with Crippen LogP contribution in [-0.4, -0.2) is 23.5 Å². The number of carbonyl (C=O) groups excluding carboxylic acids is 1. The van der Waals surface area contributed by atoms with Crippen molar-refractivity contribution in [2.24, 2.45) is 12.8 Å². The highest BCUT2D eigenvalue weighted by Crippen LogP contribution is 2.28. The second-order valence-corrected chi connectivity index (χ2v) is 4.14. The van der Waals surface area contributed by atoms with Crippen LogP contribution in [0.2, 0.25) is 0 Å². The molecule has 17 heavy (non-hydrogen) atoms. The minimum absolute atomic E-state index is 0.0641. The van der Waals surface area contributed by atoms with Gasteiger partial charge in [0.1, 0.15) is 5.75 Å². The number of benzene rings is 1. The van der Waals surface area contributed by atoms with Gasteiger partial charge in [0.15, 0.2) is 5.78 Å². The Balaban J connectivity index is 2.69. The number of fused-ring (bicyclic) bond motifs is 1. The summed E-state index contributed by atoms with van der Waals surface area (Å²) < 4.78 is 7.13. The number of hydrogen-bond acceptors (Lipinski definition) is 3. The monoisotopic (exact) mass is 232 g/mol. The lowest BCUT2D eigenvalue weighted by atomic mass is 10.1. The highest BCUT2D eigenvalue weighted by molar-refractivity contribution is 6.03. The highest BCUT2D eigenvalue weighted by Gasteiger charge is 2.18. The molecule has 0 saturated heterocycles. The Kier molecular flexibility index (Phi) is 2.90. The molecule has 2 rings (SSSR count). The van der Waals surface area contributed by atoms with E-state index < -0.39 is 6.04 Å². The van der Waals surface area contributed by atoms with Crippen molar-refractivity contribution < 1.29 is 9.53 Å². The van der Waals surface area contributed by atoms with E-state index in [9.17, 15) is 4.79 Å². The van der Waals surface area contributed by atoms with E-state index in [1.165, 1.54) is 0 Å². The maximum Gasteiger partial charge on any atom is 0.195 e. The van der Waals surface area contributed by atoms with Gasteiger partial charge in [0, 0.05) is 12.4 Å². The summed E-state index contributed by atoms with van der Waals surface area (Å²) in [7, 11) is 3.47. The van der Waals surface area contributed by atoms with Crippen LogP contribution in [0, 0.1) is 0 Å². The minimum Gasteiger partial charge on any atom is -0.495 e. The van der Waals surface area contributed by atoms with Crippen LogP contribution < -0.4 is 10.5 Å². The summed E-state index contributed by atoms with van der Waals surface area (Å²) in [6, 6.07) is 7.09. The number of ether oxygens (including phenoxy) is 1. The second-order valence-electron chi connectivity index (χ2n) is 4.14. The molecule has 0 amide bonds. The Bertz CT molecular complexity index is 570. The van der Waals surface area contributed by atoms with Crippen molar-refractivity contribution in [1.29, 1.82) is 0 Å². The fourth-order valence-electron chi connectivity index (χ4n) is 2.01. The predicted octanol–water partition coefficient (Wildman–Crippen LogP) is 1.72. The van der Waals surface area contributed by atoms with Crippen molar-refractivity contribution >= 4 is 16.7 Å². The first-order chi connectivity index (χ1) is 8.06. The Hall–Kier alpha value is -1.81. The van der Waals surface area contributed by atoms with E-state index in [1.54, 1.807) is 14.0 Å². The summed E-state index contributed by atoms with van der Waals surface area (Å²) in [6.45, 7) is 1.69. The van der Waals surface area contributed by atoms with Crippen LogP contribution in [0.15, 0.2) is 24.3 Å². The third-order valence-corrected chi connectivity index (χ3v) is 2.91. The zero-order valence-electron chi connectivity index (χ0n) is 10.2. The molecule has 0 fully saturated rings. The molecule has 1 heterocycles. The van der Waals surface area contributed by atoms with Crippen LogP contribution in [-0.2, 0) is 7.05 Å². The SMILES string of the molecule is COc1cccc2cc(C(=O)C(C)N)n(C)c12. The Labute approximate surface area is 100.0 Å². The zero-order valence-corrected chi connectivity index (χ0v) is 10.2. The van der Waals surface area contributed by atoms with Crippen molar-refractivity contribution in [2.45, 2.75) is 13.0 Å². The van der Waals surface area contributed by atoms with E-state index >= 15 is 0 Å². The molecule has 0 aliphatic carbocycles. The van der Waals surface area contributed by atoms with Crippen molar-refractivity contribution in [3.63, 3.8) is 0 Å². The van der Waals surface area contributed by atoms with Crippen LogP contribution in [0.5, 0.6) is 5.75 Å². The first-order valence-corrected chi connectivity index (χ1v) is 5.48. The molecular formula is C13H16N2O2. The molecule has 90 valence electrons. The largest absolute Gasteiger partial charge is 0.495 e. The van der Waals surface area contributed by atoms with Gasteiger partial charge in [0.2, 0.25) is 0 Å². The van der Waals surface area contributed by atoms with Crippen molar-refractivity contribution in [2.75, 3.05) is 7.11 Å². The number of rotatable bonds is 3. The summed E-state index contributed by atoms with van der Waals surface area (Å²) in [5, 5.41) is 0.982. The number of aromatic nitrogens is 1. The van der Waals surface area contributed by atoms with Gasteiger partial charge in [-0.05, 0) is 19.1 Å². The van der Waals surface area contributed by atoms with Gasteiger partial charge in [-0.25, -0.2) is 0 Å². The maximum absolute atomic E-state index is 11.9. The number of carbonyl (C=O) groups is 1. The Morgan fingerprint density at radius 2 is 2.18 bits per heavy atom. The van der Waals surface area contributed by atoms with Crippen molar-refractivity contribution in [3.05, 3.63) is 30.0 Å². The second kappa shape index (κ2) is 4.22. The summed E-state index contributed by atoms with van der Waals surface area (Å²) >= 11 is 0. The van der Waals surface area contributed by atoms with Crippen LogP contribution in [0.4, 0.5) is 0 Å². The van der Waals surface area contributed by atoms with E-state index in [0.29, 0.717) is 5.69 Å². The molecule has 1 aromatic heterocycles. The molecule has 1 aromatic carbocycles. The fraction of sp³-hybridized carbons (Fsp3) is 0.308. The summed E-state index contributed by atoms with van der Waals surface area (Å²) in [4.78, 5) is 11.9. The number of methoxy groups -OCH3 is 1. The van der Waals surface area contributed by atoms with Gasteiger partial charge >= 0.3 is 0 Å². The van der Waals surface area contributed by atoms with Crippen molar-refractivity contribution in [1.82, 2.24) is 4.57 Å². The zero-order chi connectivity index (χ0) is 12.6. The molecule has 1 atom stereocenters. The molecule has 4 heteroatoms. The smallest absolute Gasteiger partial charge is 0.195 e. The third kappa shape index (κ3) is 1.80. The average Bonchev–Trinajstić information content (AvgIpc) is 2.65. The quantitative estimate of drug-likeness (QED) is 0.820. The number of nitrogens with zero attached hydrogens (tertiary/aromatic N) is 1. The highest BCUT2D eigenvalue weighted by atomic mass is 16.5. The van der Waals surface area contributed by atoms with E-state index in [4.69, 9.17) is 10.5 Å². The van der Waals surface area contributed by atoms with Gasteiger partial charge in [0.25, 0.3) is 0 Å². The first kappa shape index (κ1) is 11.7. The van der Waals surface area contributed by atoms with Gasteiger partial charge in [0.05, 0.1) is 24.4 Å². The lowest BCUT2D eigenvalue weighted by molar-refractivity contribution is 0.0960. The molecule has 0 bridgehead atoms. The number of nitrogens with two attached hydrogens (primary N) is 1. The molecule has 0 aliphatic heterocycles. The van der Waals surface area contributed by atoms with Crippen LogP contribution in [0.3, 0.4) is 0 Å². The molecule has 0 aliphatic rings. The van der Waals surface area contributed by atoms with E-state index in [-0.39, 0.29) is 5.78 Å². The number of hydrogen-bond donors (Lipinski definition) is 1. The fourth-order valence-corrected chi connectivity index (χ4v) is 2.01. The van der Waals surface area contributed by atoms with Crippen molar-refractivity contribution in [3.8, 4) is 5.75 Å². The van der Waals surface area contributed by atoms with E-state index in [0.717, 1.165) is 16.7 Å². The van der Waals surface area contributed by atoms with Gasteiger partial charge in [-0.15, -0.1) is 0 Å². The molecule has 0 saturated carbocycles. The molecule has 2 N–H and O–H groups in total. The molecule has 4 nitrogen and oxygen atoms in total. The standard InChI is InChI=1S/C13H16N2O2/c1-8(14)13(16)10-7-9-5-4-6-11(17-3)12(9)15(10)2/h4-8H,14H2,1-3H3. The first-order valence-electron chi connectivity index (χ1n) is 5.48. The summed E-state index contributed by atoms with van der Waals surface area (Å²) in [6.07, 6.45) is 0. The summed E-state index contributed by atoms with van der Waals surface area (Å²) in [5.74, 6) is 0.694. The number of Topliss-reactive ketones (excluding diaryl/α,β-unsaturated/α-hetero) is 1. The number of para-hydroxylation sites is 1. The number of aryl methyl sites for hydroxylation is 1. The number of ketones is 1. The molecule has 1 unspecified atom stereocenters. The lowest BCUT2D eigenvalue weighted by Gasteiger charge is -2.08. The third-order valence-electron chi connectivity index (χ3n) is 2.91. The van der Waals surface area contributed by atoms with Crippen LogP contribution in [0.1, 0.15) is 17.4 Å². The van der Waals surface area contributed by atoms with Gasteiger partial charge < -0.3 is 15.0 Å². The van der Waals surface area contributed by atoms with E-state index in [1.807, 2.05) is 35.9 Å². The predicted molar refractivity (Wildman–Crippen MR) is 67.5 cm³/mol. The van der Waals surface area contributed by atoms with E-state index in [2.05, 4.69) is 0 Å². The minimum atomic E-state index is -0.496. The normalized spacial score (nSPS) is 12.7. The Morgan fingerprint density at radius 3 is 2.76 bits per heavy atom. The molecule has 2 aromatic rings. The maximum atomic E-state index is 11.9.